The number of nitrogens with one attached hydrogen (secondary N) is 1. The van der Waals surface area contributed by atoms with Crippen LogP contribution in [-0.2, 0) is 14.3 Å². The normalized spacial score (nSPS) is 16.0. The zero-order chi connectivity index (χ0) is 20.3. The average Bonchev–Trinajstić information content (AvgIpc) is 3.09. The van der Waals surface area contributed by atoms with E-state index in [2.05, 4.69) is 10.1 Å². The van der Waals surface area contributed by atoms with E-state index in [0.717, 1.165) is 0 Å². The molecule has 2 aromatic rings. The molecule has 8 heteroatoms. The number of halogens is 1. The van der Waals surface area contributed by atoms with Crippen molar-refractivity contribution in [3.05, 3.63) is 53.1 Å². The fraction of sp³-hybridized carbons (Fsp3) is 0.250. The van der Waals surface area contributed by atoms with Gasteiger partial charge in [0.2, 0.25) is 11.8 Å². The van der Waals surface area contributed by atoms with Crippen LogP contribution in [-0.4, -0.2) is 38.5 Å². The summed E-state index contributed by atoms with van der Waals surface area (Å²) < 4.78 is 9.94. The first kappa shape index (κ1) is 19.7. The summed E-state index contributed by atoms with van der Waals surface area (Å²) in [6.07, 6.45) is 0.0851. The lowest BCUT2D eigenvalue weighted by atomic mass is 10.1. The number of hydrogen-bond donors (Lipinski definition) is 1. The van der Waals surface area contributed by atoms with E-state index >= 15 is 0 Å². The Balaban J connectivity index is 1.70. The van der Waals surface area contributed by atoms with Gasteiger partial charge in [0.25, 0.3) is 0 Å². The van der Waals surface area contributed by atoms with Crippen molar-refractivity contribution in [2.75, 3.05) is 31.0 Å². The Hall–Kier alpha value is -3.06. The molecule has 0 bridgehead atoms. The van der Waals surface area contributed by atoms with Gasteiger partial charge in [-0.15, -0.1) is 0 Å². The quantitative estimate of drug-likeness (QED) is 0.776. The van der Waals surface area contributed by atoms with E-state index in [0.29, 0.717) is 27.7 Å². The summed E-state index contributed by atoms with van der Waals surface area (Å²) in [7, 11) is 2.81. The van der Waals surface area contributed by atoms with Gasteiger partial charge in [0.05, 0.1) is 31.4 Å². The summed E-state index contributed by atoms with van der Waals surface area (Å²) in [4.78, 5) is 38.0. The van der Waals surface area contributed by atoms with E-state index in [-0.39, 0.29) is 24.8 Å². The zero-order valence-electron chi connectivity index (χ0n) is 15.4. The minimum absolute atomic E-state index is 0.0851. The number of carbonyl (C=O) groups excluding carboxylic acids is 3. The molecule has 0 saturated carbocycles. The molecule has 3 rings (SSSR count). The third-order valence-electron chi connectivity index (χ3n) is 4.50. The van der Waals surface area contributed by atoms with Crippen molar-refractivity contribution >= 4 is 40.8 Å². The Labute approximate surface area is 167 Å². The Bertz CT molecular complexity index is 913. The topological polar surface area (TPSA) is 84.9 Å². The van der Waals surface area contributed by atoms with Crippen LogP contribution in [0.1, 0.15) is 16.8 Å². The Morgan fingerprint density at radius 2 is 1.86 bits per heavy atom. The highest BCUT2D eigenvalue weighted by molar-refractivity contribution is 6.31. The van der Waals surface area contributed by atoms with E-state index in [1.165, 1.54) is 19.1 Å². The van der Waals surface area contributed by atoms with E-state index in [4.69, 9.17) is 16.3 Å². The lowest BCUT2D eigenvalue weighted by Crippen LogP contribution is -2.28. The highest BCUT2D eigenvalue weighted by atomic mass is 35.5. The van der Waals surface area contributed by atoms with Crippen LogP contribution in [0.2, 0.25) is 5.02 Å². The molecule has 0 unspecified atom stereocenters. The van der Waals surface area contributed by atoms with Crippen molar-refractivity contribution in [2.45, 2.75) is 6.42 Å². The monoisotopic (exact) mass is 402 g/mol. The van der Waals surface area contributed by atoms with E-state index in [9.17, 15) is 14.4 Å². The smallest absolute Gasteiger partial charge is 0.337 e. The second-order valence-corrected chi connectivity index (χ2v) is 6.72. The molecule has 1 N–H and O–H groups in total. The van der Waals surface area contributed by atoms with Crippen LogP contribution in [0.4, 0.5) is 11.4 Å². The minimum atomic E-state index is -0.517. The van der Waals surface area contributed by atoms with Crippen LogP contribution < -0.4 is 15.0 Å². The minimum Gasteiger partial charge on any atom is -0.495 e. The molecule has 0 aliphatic carbocycles. The van der Waals surface area contributed by atoms with Crippen LogP contribution in [0, 0.1) is 5.92 Å². The number of esters is 1. The van der Waals surface area contributed by atoms with Crippen molar-refractivity contribution < 1.29 is 23.9 Å². The van der Waals surface area contributed by atoms with Gasteiger partial charge in [-0.25, -0.2) is 4.79 Å². The summed E-state index contributed by atoms with van der Waals surface area (Å²) in [5.41, 5.74) is 1.46. The number of benzene rings is 2. The molecule has 1 atom stereocenters. The van der Waals surface area contributed by atoms with Crippen LogP contribution >= 0.6 is 11.6 Å². The third kappa shape index (κ3) is 4.09. The van der Waals surface area contributed by atoms with Crippen molar-refractivity contribution in [2.24, 2.45) is 5.92 Å². The zero-order valence-corrected chi connectivity index (χ0v) is 16.2. The van der Waals surface area contributed by atoms with Gasteiger partial charge in [0.15, 0.2) is 0 Å². The summed E-state index contributed by atoms with van der Waals surface area (Å²) in [5.74, 6) is -0.913. The second-order valence-electron chi connectivity index (χ2n) is 6.28. The maximum atomic E-state index is 12.6. The maximum absolute atomic E-state index is 12.6. The first-order chi connectivity index (χ1) is 13.4. The molecule has 28 heavy (non-hydrogen) atoms. The number of anilines is 2. The largest absolute Gasteiger partial charge is 0.495 e. The number of methoxy groups -OCH3 is 2. The number of rotatable bonds is 5. The molecule has 2 aromatic carbocycles. The van der Waals surface area contributed by atoms with Gasteiger partial charge in [-0.1, -0.05) is 11.6 Å². The fourth-order valence-corrected chi connectivity index (χ4v) is 3.21. The summed E-state index contributed by atoms with van der Waals surface area (Å²) in [5, 5.41) is 3.25. The SMILES string of the molecule is COC(=O)c1ccc(NC(=O)[C@@H]2CC(=O)N(c3cc(Cl)ccc3OC)C2)cc1. The molecule has 0 aromatic heterocycles. The molecule has 0 radical (unpaired) electrons. The maximum Gasteiger partial charge on any atom is 0.337 e. The van der Waals surface area contributed by atoms with Gasteiger partial charge in [-0.05, 0) is 42.5 Å². The van der Waals surface area contributed by atoms with Crippen LogP contribution in [0.15, 0.2) is 42.5 Å². The van der Waals surface area contributed by atoms with Gasteiger partial charge >= 0.3 is 5.97 Å². The molecule has 2 amide bonds. The second kappa shape index (κ2) is 8.31. The summed E-state index contributed by atoms with van der Waals surface area (Å²) in [6, 6.07) is 11.3. The van der Waals surface area contributed by atoms with Gasteiger partial charge < -0.3 is 19.7 Å². The first-order valence-corrected chi connectivity index (χ1v) is 8.94. The van der Waals surface area contributed by atoms with Crippen molar-refractivity contribution in [1.29, 1.82) is 0 Å². The number of nitrogens with zero attached hydrogens (tertiary/aromatic N) is 1. The first-order valence-electron chi connectivity index (χ1n) is 8.56. The van der Waals surface area contributed by atoms with E-state index < -0.39 is 11.9 Å². The molecule has 7 nitrogen and oxygen atoms in total. The van der Waals surface area contributed by atoms with Crippen molar-refractivity contribution in [1.82, 2.24) is 0 Å². The molecule has 146 valence electrons. The standard InChI is InChI=1S/C20H19ClN2O5/c1-27-17-8-5-14(21)10-16(17)23-11-13(9-18(23)24)19(25)22-15-6-3-12(4-7-15)20(26)28-2/h3-8,10,13H,9,11H2,1-2H3,(H,22,25)/t13-/m1/s1. The van der Waals surface area contributed by atoms with Gasteiger partial charge in [-0.2, -0.15) is 0 Å². The molecule has 1 saturated heterocycles. The van der Waals surface area contributed by atoms with E-state index in [1.54, 1.807) is 42.5 Å². The molecule has 1 aliphatic rings. The van der Waals surface area contributed by atoms with Gasteiger partial charge in [-0.3, -0.25) is 9.59 Å². The molecular formula is C20H19ClN2O5. The lowest BCUT2D eigenvalue weighted by Gasteiger charge is -2.20. The lowest BCUT2D eigenvalue weighted by molar-refractivity contribution is -0.122. The molecule has 1 aliphatic heterocycles. The Kier molecular flexibility index (Phi) is 5.84. The molecule has 1 heterocycles. The number of amides is 2. The Morgan fingerprint density at radius 3 is 2.50 bits per heavy atom. The van der Waals surface area contributed by atoms with Gasteiger partial charge in [0, 0.05) is 23.7 Å². The average molecular weight is 403 g/mol. The predicted octanol–water partition coefficient (Wildman–Crippen LogP) is 3.13. The molecule has 0 spiro atoms. The number of ether oxygens (including phenoxy) is 2. The predicted molar refractivity (Wildman–Crippen MR) is 105 cm³/mol. The van der Waals surface area contributed by atoms with Crippen molar-refractivity contribution in [3.63, 3.8) is 0 Å². The number of carbonyl (C=O) groups is 3. The summed E-state index contributed by atoms with van der Waals surface area (Å²) in [6.45, 7) is 0.224. The van der Waals surface area contributed by atoms with Crippen LogP contribution in [0.25, 0.3) is 0 Å². The highest BCUT2D eigenvalue weighted by Gasteiger charge is 2.36. The van der Waals surface area contributed by atoms with Crippen LogP contribution in [0.3, 0.4) is 0 Å². The van der Waals surface area contributed by atoms with Crippen LogP contribution in [0.5, 0.6) is 5.75 Å². The number of hydrogen-bond acceptors (Lipinski definition) is 5. The summed E-state index contributed by atoms with van der Waals surface area (Å²) >= 11 is 6.05. The van der Waals surface area contributed by atoms with E-state index in [1.807, 2.05) is 0 Å². The Morgan fingerprint density at radius 1 is 1.14 bits per heavy atom. The highest BCUT2D eigenvalue weighted by Crippen LogP contribution is 2.35. The third-order valence-corrected chi connectivity index (χ3v) is 4.74. The fourth-order valence-electron chi connectivity index (χ4n) is 3.04. The van der Waals surface area contributed by atoms with Gasteiger partial charge in [0.1, 0.15) is 5.75 Å². The molecular weight excluding hydrogens is 384 g/mol. The van der Waals surface area contributed by atoms with Crippen molar-refractivity contribution in [3.8, 4) is 5.75 Å². The molecule has 1 fully saturated rings.